The van der Waals surface area contributed by atoms with E-state index in [0.29, 0.717) is 5.92 Å². The molecule has 0 N–H and O–H groups in total. The minimum atomic E-state index is -2.74. The Hall–Kier alpha value is -1.12. The molecule has 1 aromatic carbocycles. The zero-order valence-corrected chi connectivity index (χ0v) is 19.0. The van der Waals surface area contributed by atoms with E-state index >= 15 is 0 Å². The molecule has 170 valence electrons. The summed E-state index contributed by atoms with van der Waals surface area (Å²) in [6.45, 7) is -0.455. The second-order valence-electron chi connectivity index (χ2n) is 9.90. The molecule has 1 nitrogen and oxygen atoms in total. The second-order valence-corrected chi connectivity index (χ2v) is 9.90. The summed E-state index contributed by atoms with van der Waals surface area (Å²) in [5.74, 6) is 3.72. The SMILES string of the molecule is CCCCCCCC[C@H]1CC[C@H]([C@H]2CC[C@H](c3ccc(OC(F)F)cc3)CC2)CC1. The third kappa shape index (κ3) is 7.54. The van der Waals surface area contributed by atoms with Crippen molar-refractivity contribution in [2.24, 2.45) is 17.8 Å². The van der Waals surface area contributed by atoms with Crippen LogP contribution < -0.4 is 4.74 Å². The maximum absolute atomic E-state index is 12.3. The highest BCUT2D eigenvalue weighted by Crippen LogP contribution is 2.44. The van der Waals surface area contributed by atoms with Crippen molar-refractivity contribution in [3.63, 3.8) is 0 Å². The first-order valence-corrected chi connectivity index (χ1v) is 12.7. The summed E-state index contributed by atoms with van der Waals surface area (Å²) in [5, 5.41) is 0. The summed E-state index contributed by atoms with van der Waals surface area (Å²) in [7, 11) is 0. The number of halogens is 2. The van der Waals surface area contributed by atoms with E-state index in [0.717, 1.165) is 17.8 Å². The minimum Gasteiger partial charge on any atom is -0.435 e. The molecule has 0 aromatic heterocycles. The highest BCUT2D eigenvalue weighted by Gasteiger charge is 2.31. The van der Waals surface area contributed by atoms with E-state index < -0.39 is 6.61 Å². The van der Waals surface area contributed by atoms with Crippen LogP contribution in [0.25, 0.3) is 0 Å². The number of benzene rings is 1. The van der Waals surface area contributed by atoms with Crippen LogP contribution in [0.4, 0.5) is 8.78 Å². The standard InChI is InChI=1S/C27H42F2O/c1-2-3-4-5-6-7-8-21-9-11-22(12-10-21)23-13-15-24(16-14-23)25-17-19-26(20-18-25)30-27(28)29/h17-24,27H,2-16H2,1H3/t21-,22-,23-,24-. The molecule has 3 rings (SSSR count). The first-order chi connectivity index (χ1) is 14.7. The molecule has 0 atom stereocenters. The summed E-state index contributed by atoms with van der Waals surface area (Å²) in [5.41, 5.74) is 1.29. The van der Waals surface area contributed by atoms with Gasteiger partial charge in [-0.3, -0.25) is 0 Å². The molecule has 0 unspecified atom stereocenters. The molecule has 0 aliphatic heterocycles. The first-order valence-electron chi connectivity index (χ1n) is 12.7. The molecule has 0 amide bonds. The Balaban J connectivity index is 1.32. The van der Waals surface area contributed by atoms with Crippen molar-refractivity contribution >= 4 is 0 Å². The molecule has 0 saturated heterocycles. The van der Waals surface area contributed by atoms with Crippen molar-refractivity contribution in [1.29, 1.82) is 0 Å². The zero-order valence-electron chi connectivity index (χ0n) is 19.0. The van der Waals surface area contributed by atoms with Gasteiger partial charge >= 0.3 is 6.61 Å². The van der Waals surface area contributed by atoms with Crippen LogP contribution in [0.1, 0.15) is 115 Å². The van der Waals surface area contributed by atoms with Crippen molar-refractivity contribution in [2.75, 3.05) is 0 Å². The molecule has 2 aliphatic carbocycles. The number of hydrogen-bond acceptors (Lipinski definition) is 1. The van der Waals surface area contributed by atoms with E-state index in [2.05, 4.69) is 11.7 Å². The third-order valence-corrected chi connectivity index (χ3v) is 7.87. The fraction of sp³-hybridized carbons (Fsp3) is 0.778. The quantitative estimate of drug-likeness (QED) is 0.324. The van der Waals surface area contributed by atoms with Gasteiger partial charge in [-0.25, -0.2) is 0 Å². The molecule has 0 bridgehead atoms. The van der Waals surface area contributed by atoms with Gasteiger partial charge in [-0.05, 0) is 79.9 Å². The summed E-state index contributed by atoms with van der Waals surface area (Å²) >= 11 is 0. The van der Waals surface area contributed by atoms with E-state index in [1.165, 1.54) is 102 Å². The Morgan fingerprint density at radius 1 is 0.767 bits per heavy atom. The van der Waals surface area contributed by atoms with Gasteiger partial charge in [-0.15, -0.1) is 0 Å². The van der Waals surface area contributed by atoms with Gasteiger partial charge in [0.15, 0.2) is 0 Å². The highest BCUT2D eigenvalue weighted by molar-refractivity contribution is 5.29. The summed E-state index contributed by atoms with van der Waals surface area (Å²) < 4.78 is 29.1. The number of hydrogen-bond donors (Lipinski definition) is 0. The third-order valence-electron chi connectivity index (χ3n) is 7.87. The molecule has 2 saturated carbocycles. The smallest absolute Gasteiger partial charge is 0.387 e. The van der Waals surface area contributed by atoms with Gasteiger partial charge in [0.25, 0.3) is 0 Å². The Morgan fingerprint density at radius 3 is 1.93 bits per heavy atom. The number of alkyl halides is 2. The van der Waals surface area contributed by atoms with Crippen LogP contribution in [0.2, 0.25) is 0 Å². The molecule has 30 heavy (non-hydrogen) atoms. The maximum Gasteiger partial charge on any atom is 0.387 e. The fourth-order valence-corrected chi connectivity index (χ4v) is 6.01. The van der Waals surface area contributed by atoms with Crippen molar-refractivity contribution in [2.45, 2.75) is 116 Å². The van der Waals surface area contributed by atoms with Crippen molar-refractivity contribution < 1.29 is 13.5 Å². The predicted octanol–water partition coefficient (Wildman–Crippen LogP) is 9.12. The predicted molar refractivity (Wildman–Crippen MR) is 121 cm³/mol. The van der Waals surface area contributed by atoms with Crippen LogP contribution in [0.15, 0.2) is 24.3 Å². The lowest BCUT2D eigenvalue weighted by atomic mass is 9.68. The van der Waals surface area contributed by atoms with Crippen LogP contribution in [0.3, 0.4) is 0 Å². The minimum absolute atomic E-state index is 0.264. The van der Waals surface area contributed by atoms with Crippen LogP contribution >= 0.6 is 0 Å². The molecule has 1 aromatic rings. The van der Waals surface area contributed by atoms with Crippen molar-refractivity contribution in [1.82, 2.24) is 0 Å². The molecular weight excluding hydrogens is 378 g/mol. The Labute approximate surface area is 183 Å². The van der Waals surface area contributed by atoms with E-state index in [9.17, 15) is 8.78 Å². The molecule has 0 spiro atoms. The van der Waals surface area contributed by atoms with Crippen LogP contribution in [0, 0.1) is 17.8 Å². The zero-order chi connectivity index (χ0) is 21.2. The Morgan fingerprint density at radius 2 is 1.33 bits per heavy atom. The van der Waals surface area contributed by atoms with Crippen molar-refractivity contribution in [3.05, 3.63) is 29.8 Å². The second kappa shape index (κ2) is 12.7. The lowest BCUT2D eigenvalue weighted by Crippen LogP contribution is -2.25. The number of rotatable bonds is 11. The van der Waals surface area contributed by atoms with E-state index in [1.807, 2.05) is 12.1 Å². The van der Waals surface area contributed by atoms with Gasteiger partial charge in [-0.2, -0.15) is 8.78 Å². The Bertz CT molecular complexity index is 569. The summed E-state index contributed by atoms with van der Waals surface area (Å²) in [6.07, 6.45) is 21.0. The lowest BCUT2D eigenvalue weighted by molar-refractivity contribution is -0.0498. The molecule has 3 heteroatoms. The lowest BCUT2D eigenvalue weighted by Gasteiger charge is -2.38. The van der Waals surface area contributed by atoms with E-state index in [-0.39, 0.29) is 5.75 Å². The molecule has 0 radical (unpaired) electrons. The van der Waals surface area contributed by atoms with Gasteiger partial charge in [-0.1, -0.05) is 76.8 Å². The number of unbranched alkanes of at least 4 members (excludes halogenated alkanes) is 5. The number of ether oxygens (including phenoxy) is 1. The average Bonchev–Trinajstić information content (AvgIpc) is 2.77. The molecule has 2 fully saturated rings. The largest absolute Gasteiger partial charge is 0.435 e. The topological polar surface area (TPSA) is 9.23 Å². The molecule has 0 heterocycles. The average molecular weight is 421 g/mol. The van der Waals surface area contributed by atoms with Gasteiger partial charge in [0.2, 0.25) is 0 Å². The molecular formula is C27H42F2O. The van der Waals surface area contributed by atoms with Crippen molar-refractivity contribution in [3.8, 4) is 5.75 Å². The van der Waals surface area contributed by atoms with Crippen LogP contribution in [-0.4, -0.2) is 6.61 Å². The molecule has 2 aliphatic rings. The van der Waals surface area contributed by atoms with E-state index in [4.69, 9.17) is 0 Å². The van der Waals surface area contributed by atoms with Crippen LogP contribution in [0.5, 0.6) is 5.75 Å². The first kappa shape index (κ1) is 23.5. The van der Waals surface area contributed by atoms with Gasteiger partial charge in [0.05, 0.1) is 0 Å². The highest BCUT2D eigenvalue weighted by atomic mass is 19.3. The van der Waals surface area contributed by atoms with Gasteiger partial charge < -0.3 is 4.74 Å². The van der Waals surface area contributed by atoms with Crippen LogP contribution in [-0.2, 0) is 0 Å². The maximum atomic E-state index is 12.3. The fourth-order valence-electron chi connectivity index (χ4n) is 6.01. The van der Waals surface area contributed by atoms with Gasteiger partial charge in [0.1, 0.15) is 5.75 Å². The monoisotopic (exact) mass is 420 g/mol. The normalized spacial score (nSPS) is 27.3. The van der Waals surface area contributed by atoms with Gasteiger partial charge in [0, 0.05) is 0 Å². The summed E-state index contributed by atoms with van der Waals surface area (Å²) in [6, 6.07) is 7.35. The van der Waals surface area contributed by atoms with E-state index in [1.54, 1.807) is 12.1 Å². The Kier molecular flexibility index (Phi) is 9.94. The summed E-state index contributed by atoms with van der Waals surface area (Å²) in [4.78, 5) is 0.